The van der Waals surface area contributed by atoms with Gasteiger partial charge in [-0.05, 0) is 29.5 Å². The Bertz CT molecular complexity index is 1130. The van der Waals surface area contributed by atoms with E-state index in [4.69, 9.17) is 4.98 Å². The summed E-state index contributed by atoms with van der Waals surface area (Å²) in [4.78, 5) is 22.1. The van der Waals surface area contributed by atoms with Crippen LogP contribution in [0.25, 0.3) is 20.7 Å². The molecule has 4 aromatic rings. The van der Waals surface area contributed by atoms with Crippen LogP contribution < -0.4 is 10.9 Å². The smallest absolute Gasteiger partial charge is 0.259 e. The first-order chi connectivity index (χ1) is 14.1. The number of H-pyrrole nitrogens is 1. The van der Waals surface area contributed by atoms with Gasteiger partial charge in [0, 0.05) is 10.9 Å². The zero-order valence-corrected chi connectivity index (χ0v) is 17.5. The first-order valence-electron chi connectivity index (χ1n) is 9.96. The van der Waals surface area contributed by atoms with E-state index in [9.17, 15) is 4.79 Å². The molecule has 0 fully saturated rings. The lowest BCUT2D eigenvalue weighted by atomic mass is 9.97. The number of fused-ring (bicyclic) bond motifs is 1. The maximum absolute atomic E-state index is 12.6. The minimum absolute atomic E-state index is 0.0784. The SMILES string of the molecule is CC(C)C[C@H](NCc1nc2sc(-c3ccccc3)cc2c(=O)[nH]1)c1ccccc1. The predicted molar refractivity (Wildman–Crippen MR) is 121 cm³/mol. The molecule has 5 heteroatoms. The van der Waals surface area contributed by atoms with Gasteiger partial charge >= 0.3 is 0 Å². The summed E-state index contributed by atoms with van der Waals surface area (Å²) in [5.74, 6) is 1.24. The van der Waals surface area contributed by atoms with Crippen molar-refractivity contribution in [1.29, 1.82) is 0 Å². The Morgan fingerprint density at radius 1 is 1.03 bits per heavy atom. The van der Waals surface area contributed by atoms with E-state index in [0.717, 1.165) is 21.7 Å². The second-order valence-electron chi connectivity index (χ2n) is 7.68. The summed E-state index contributed by atoms with van der Waals surface area (Å²) in [6.45, 7) is 4.97. The molecule has 0 unspecified atom stereocenters. The molecule has 4 nitrogen and oxygen atoms in total. The van der Waals surface area contributed by atoms with E-state index in [1.807, 2.05) is 30.3 Å². The zero-order valence-electron chi connectivity index (χ0n) is 16.7. The van der Waals surface area contributed by atoms with Gasteiger partial charge in [-0.2, -0.15) is 0 Å². The minimum atomic E-state index is -0.0784. The number of nitrogens with zero attached hydrogens (tertiary/aromatic N) is 1. The van der Waals surface area contributed by atoms with Gasteiger partial charge in [0.1, 0.15) is 10.7 Å². The molecule has 0 bridgehead atoms. The van der Waals surface area contributed by atoms with Crippen LogP contribution in [0.2, 0.25) is 0 Å². The van der Waals surface area contributed by atoms with Crippen molar-refractivity contribution in [3.8, 4) is 10.4 Å². The standard InChI is InChI=1S/C24H25N3OS/c1-16(2)13-20(17-9-5-3-6-10-17)25-15-22-26-23(28)19-14-21(29-24(19)27-22)18-11-7-4-8-12-18/h3-12,14,16,20,25H,13,15H2,1-2H3,(H,26,27,28)/t20-/m0/s1. The van der Waals surface area contributed by atoms with Gasteiger partial charge in [-0.15, -0.1) is 11.3 Å². The molecule has 0 aliphatic carbocycles. The van der Waals surface area contributed by atoms with Crippen molar-refractivity contribution in [3.63, 3.8) is 0 Å². The molecule has 2 aromatic heterocycles. The summed E-state index contributed by atoms with van der Waals surface area (Å²) in [6, 6.07) is 22.7. The summed E-state index contributed by atoms with van der Waals surface area (Å²) in [7, 11) is 0. The molecule has 29 heavy (non-hydrogen) atoms. The topological polar surface area (TPSA) is 57.8 Å². The summed E-state index contributed by atoms with van der Waals surface area (Å²) in [5.41, 5.74) is 2.29. The molecule has 0 radical (unpaired) electrons. The maximum Gasteiger partial charge on any atom is 0.259 e. The third-order valence-electron chi connectivity index (χ3n) is 4.93. The Hall–Kier alpha value is -2.76. The Labute approximate surface area is 174 Å². The molecule has 2 aromatic carbocycles. The fraction of sp³-hybridized carbons (Fsp3) is 0.250. The monoisotopic (exact) mass is 403 g/mol. The fourth-order valence-electron chi connectivity index (χ4n) is 3.52. The summed E-state index contributed by atoms with van der Waals surface area (Å²) in [6.07, 6.45) is 1.02. The minimum Gasteiger partial charge on any atom is -0.309 e. The summed E-state index contributed by atoms with van der Waals surface area (Å²) < 4.78 is 0. The van der Waals surface area contributed by atoms with Crippen LogP contribution in [-0.4, -0.2) is 9.97 Å². The molecule has 0 aliphatic heterocycles. The van der Waals surface area contributed by atoms with Crippen molar-refractivity contribution < 1.29 is 0 Å². The van der Waals surface area contributed by atoms with Crippen LogP contribution in [0.3, 0.4) is 0 Å². The largest absolute Gasteiger partial charge is 0.309 e. The van der Waals surface area contributed by atoms with Gasteiger partial charge in [0.2, 0.25) is 0 Å². The highest BCUT2D eigenvalue weighted by molar-refractivity contribution is 7.21. The lowest BCUT2D eigenvalue weighted by Gasteiger charge is -2.21. The van der Waals surface area contributed by atoms with Gasteiger partial charge in [0.05, 0.1) is 11.9 Å². The molecule has 148 valence electrons. The van der Waals surface area contributed by atoms with E-state index < -0.39 is 0 Å². The van der Waals surface area contributed by atoms with Gasteiger partial charge < -0.3 is 10.3 Å². The van der Waals surface area contributed by atoms with Crippen LogP contribution in [0.1, 0.15) is 37.7 Å². The molecule has 0 aliphatic rings. The van der Waals surface area contributed by atoms with E-state index in [1.165, 1.54) is 5.56 Å². The van der Waals surface area contributed by atoms with Crippen molar-refractivity contribution in [2.24, 2.45) is 5.92 Å². The zero-order chi connectivity index (χ0) is 20.2. The van der Waals surface area contributed by atoms with Gasteiger partial charge in [0.15, 0.2) is 0 Å². The van der Waals surface area contributed by atoms with E-state index in [-0.39, 0.29) is 11.6 Å². The first-order valence-corrected chi connectivity index (χ1v) is 10.8. The lowest BCUT2D eigenvalue weighted by molar-refractivity contribution is 0.424. The van der Waals surface area contributed by atoms with Crippen molar-refractivity contribution in [3.05, 3.63) is 88.5 Å². The van der Waals surface area contributed by atoms with Crippen LogP contribution in [-0.2, 0) is 6.54 Å². The van der Waals surface area contributed by atoms with E-state index >= 15 is 0 Å². The van der Waals surface area contributed by atoms with E-state index in [1.54, 1.807) is 11.3 Å². The van der Waals surface area contributed by atoms with Crippen LogP contribution >= 0.6 is 11.3 Å². The van der Waals surface area contributed by atoms with Crippen molar-refractivity contribution >= 4 is 21.6 Å². The second-order valence-corrected chi connectivity index (χ2v) is 8.71. The third kappa shape index (κ3) is 4.63. The van der Waals surface area contributed by atoms with Crippen LogP contribution in [0.5, 0.6) is 0 Å². The number of aromatic nitrogens is 2. The molecule has 0 spiro atoms. The first kappa shape index (κ1) is 19.6. The van der Waals surface area contributed by atoms with Gasteiger partial charge in [-0.25, -0.2) is 4.98 Å². The van der Waals surface area contributed by atoms with E-state index in [0.29, 0.717) is 23.7 Å². The Balaban J connectivity index is 1.58. The highest BCUT2D eigenvalue weighted by Gasteiger charge is 2.15. The normalized spacial score (nSPS) is 12.5. The second kappa shape index (κ2) is 8.72. The lowest BCUT2D eigenvalue weighted by Crippen LogP contribution is -2.25. The molecular weight excluding hydrogens is 378 g/mol. The molecule has 0 amide bonds. The maximum atomic E-state index is 12.6. The average Bonchev–Trinajstić information content (AvgIpc) is 3.17. The average molecular weight is 404 g/mol. The number of benzene rings is 2. The molecule has 1 atom stereocenters. The highest BCUT2D eigenvalue weighted by atomic mass is 32.1. The molecule has 2 heterocycles. The van der Waals surface area contributed by atoms with Crippen LogP contribution in [0, 0.1) is 5.92 Å². The Morgan fingerprint density at radius 3 is 2.41 bits per heavy atom. The van der Waals surface area contributed by atoms with Gasteiger partial charge in [0.25, 0.3) is 5.56 Å². The number of rotatable bonds is 7. The molecule has 0 saturated heterocycles. The van der Waals surface area contributed by atoms with Crippen LogP contribution in [0.15, 0.2) is 71.5 Å². The number of hydrogen-bond donors (Lipinski definition) is 2. The number of thiophene rings is 1. The molecular formula is C24H25N3OS. The fourth-order valence-corrected chi connectivity index (χ4v) is 4.57. The number of hydrogen-bond acceptors (Lipinski definition) is 4. The Kier molecular flexibility index (Phi) is 5.88. The van der Waals surface area contributed by atoms with Gasteiger partial charge in [-0.1, -0.05) is 74.5 Å². The van der Waals surface area contributed by atoms with E-state index in [2.05, 4.69) is 60.5 Å². The molecule has 0 saturated carbocycles. The van der Waals surface area contributed by atoms with Crippen molar-refractivity contribution in [2.45, 2.75) is 32.9 Å². The number of aromatic amines is 1. The number of nitrogens with one attached hydrogen (secondary N) is 2. The summed E-state index contributed by atoms with van der Waals surface area (Å²) >= 11 is 1.56. The van der Waals surface area contributed by atoms with Crippen LogP contribution in [0.4, 0.5) is 0 Å². The molecule has 4 rings (SSSR count). The Morgan fingerprint density at radius 2 is 1.72 bits per heavy atom. The highest BCUT2D eigenvalue weighted by Crippen LogP contribution is 2.30. The molecule has 2 N–H and O–H groups in total. The van der Waals surface area contributed by atoms with Crippen molar-refractivity contribution in [2.75, 3.05) is 0 Å². The summed E-state index contributed by atoms with van der Waals surface area (Å²) in [5, 5.41) is 4.24. The predicted octanol–water partition coefficient (Wildman–Crippen LogP) is 5.53. The third-order valence-corrected chi connectivity index (χ3v) is 6.01. The van der Waals surface area contributed by atoms with Gasteiger partial charge in [-0.3, -0.25) is 4.79 Å². The quantitative estimate of drug-likeness (QED) is 0.427. The van der Waals surface area contributed by atoms with Crippen molar-refractivity contribution in [1.82, 2.24) is 15.3 Å².